The predicted octanol–water partition coefficient (Wildman–Crippen LogP) is 1.47. The first kappa shape index (κ1) is 20.0. The van der Waals surface area contributed by atoms with Crippen molar-refractivity contribution in [3.63, 3.8) is 0 Å². The first-order chi connectivity index (χ1) is 12.6. The lowest BCUT2D eigenvalue weighted by atomic mass is 9.97. The molecule has 1 aliphatic rings. The SMILES string of the molecule is CCOC(=O)C1CCN(CC(=O)NCCOc2ccccc2OC)CC1. The summed E-state index contributed by atoms with van der Waals surface area (Å²) in [4.78, 5) is 25.8. The van der Waals surface area contributed by atoms with Gasteiger partial charge in [-0.25, -0.2) is 0 Å². The minimum absolute atomic E-state index is 0.0384. The Labute approximate surface area is 154 Å². The molecule has 1 N–H and O–H groups in total. The van der Waals surface area contributed by atoms with E-state index in [0.717, 1.165) is 25.9 Å². The molecule has 0 atom stereocenters. The number of rotatable bonds is 9. The van der Waals surface area contributed by atoms with Gasteiger partial charge < -0.3 is 19.5 Å². The second-order valence-corrected chi connectivity index (χ2v) is 6.15. The highest BCUT2D eigenvalue weighted by Crippen LogP contribution is 2.25. The van der Waals surface area contributed by atoms with Crippen LogP contribution in [0.5, 0.6) is 11.5 Å². The van der Waals surface area contributed by atoms with Crippen molar-refractivity contribution in [2.75, 3.05) is 46.5 Å². The van der Waals surface area contributed by atoms with Gasteiger partial charge in [0.1, 0.15) is 6.61 Å². The minimum Gasteiger partial charge on any atom is -0.493 e. The van der Waals surface area contributed by atoms with Gasteiger partial charge >= 0.3 is 5.97 Å². The third kappa shape index (κ3) is 6.22. The van der Waals surface area contributed by atoms with Crippen molar-refractivity contribution in [1.82, 2.24) is 10.2 Å². The summed E-state index contributed by atoms with van der Waals surface area (Å²) >= 11 is 0. The standard InChI is InChI=1S/C19H28N2O5/c1-3-25-19(23)15-8-11-21(12-9-15)14-18(22)20-10-13-26-17-7-5-4-6-16(17)24-2/h4-7,15H,3,8-14H2,1-2H3,(H,20,22). The Balaban J connectivity index is 1.62. The normalized spacial score (nSPS) is 15.3. The van der Waals surface area contributed by atoms with Gasteiger partial charge in [-0.3, -0.25) is 14.5 Å². The van der Waals surface area contributed by atoms with E-state index in [1.807, 2.05) is 31.2 Å². The number of methoxy groups -OCH3 is 1. The zero-order chi connectivity index (χ0) is 18.8. The van der Waals surface area contributed by atoms with Crippen molar-refractivity contribution >= 4 is 11.9 Å². The molecule has 0 unspecified atom stereocenters. The molecule has 1 aliphatic heterocycles. The molecule has 7 nitrogen and oxygen atoms in total. The molecule has 1 aromatic carbocycles. The summed E-state index contributed by atoms with van der Waals surface area (Å²) in [5.74, 6) is 1.13. The van der Waals surface area contributed by atoms with Crippen molar-refractivity contribution < 1.29 is 23.8 Å². The van der Waals surface area contributed by atoms with Gasteiger partial charge in [0.15, 0.2) is 11.5 Å². The van der Waals surface area contributed by atoms with Gasteiger partial charge in [-0.2, -0.15) is 0 Å². The van der Waals surface area contributed by atoms with Crippen LogP contribution in [-0.4, -0.2) is 63.3 Å². The fourth-order valence-electron chi connectivity index (χ4n) is 2.94. The molecule has 0 bridgehead atoms. The number of carbonyl (C=O) groups is 2. The Bertz CT molecular complexity index is 585. The molecule has 1 aromatic rings. The molecule has 0 aliphatic carbocycles. The van der Waals surface area contributed by atoms with Gasteiger partial charge in [0.05, 0.1) is 32.7 Å². The fourth-order valence-corrected chi connectivity index (χ4v) is 2.94. The number of para-hydroxylation sites is 2. The van der Waals surface area contributed by atoms with Crippen LogP contribution in [0.3, 0.4) is 0 Å². The third-order valence-electron chi connectivity index (χ3n) is 4.33. The highest BCUT2D eigenvalue weighted by atomic mass is 16.5. The van der Waals surface area contributed by atoms with Gasteiger partial charge in [0.25, 0.3) is 0 Å². The first-order valence-electron chi connectivity index (χ1n) is 9.05. The lowest BCUT2D eigenvalue weighted by Gasteiger charge is -2.30. The van der Waals surface area contributed by atoms with Crippen LogP contribution in [0, 0.1) is 5.92 Å². The van der Waals surface area contributed by atoms with Crippen molar-refractivity contribution in [1.29, 1.82) is 0 Å². The van der Waals surface area contributed by atoms with Gasteiger partial charge in [0, 0.05) is 0 Å². The molecule has 0 spiro atoms. The predicted molar refractivity (Wildman–Crippen MR) is 97.3 cm³/mol. The highest BCUT2D eigenvalue weighted by Gasteiger charge is 2.26. The molecule has 1 heterocycles. The van der Waals surface area contributed by atoms with E-state index in [9.17, 15) is 9.59 Å². The number of esters is 1. The Kier molecular flexibility index (Phi) is 8.21. The molecular weight excluding hydrogens is 336 g/mol. The van der Waals surface area contributed by atoms with E-state index in [0.29, 0.717) is 37.8 Å². The zero-order valence-corrected chi connectivity index (χ0v) is 15.5. The molecular formula is C19H28N2O5. The number of benzene rings is 1. The van der Waals surface area contributed by atoms with Crippen LogP contribution in [0.25, 0.3) is 0 Å². The fraction of sp³-hybridized carbons (Fsp3) is 0.579. The van der Waals surface area contributed by atoms with Crippen molar-refractivity contribution in [3.05, 3.63) is 24.3 Å². The minimum atomic E-state index is -0.120. The summed E-state index contributed by atoms with van der Waals surface area (Å²) in [6, 6.07) is 7.40. The van der Waals surface area contributed by atoms with Crippen LogP contribution < -0.4 is 14.8 Å². The molecule has 0 aromatic heterocycles. The van der Waals surface area contributed by atoms with Crippen LogP contribution in [0.1, 0.15) is 19.8 Å². The molecule has 0 radical (unpaired) electrons. The Morgan fingerprint density at radius 1 is 1.19 bits per heavy atom. The van der Waals surface area contributed by atoms with Gasteiger partial charge in [-0.1, -0.05) is 12.1 Å². The molecule has 144 valence electrons. The molecule has 26 heavy (non-hydrogen) atoms. The van der Waals surface area contributed by atoms with E-state index in [4.69, 9.17) is 14.2 Å². The number of likely N-dealkylation sites (tertiary alicyclic amines) is 1. The second kappa shape index (κ2) is 10.7. The number of ether oxygens (including phenoxy) is 3. The maximum absolute atomic E-state index is 12.0. The summed E-state index contributed by atoms with van der Waals surface area (Å²) in [5, 5.41) is 2.85. The van der Waals surface area contributed by atoms with E-state index >= 15 is 0 Å². The van der Waals surface area contributed by atoms with Crippen molar-refractivity contribution in [2.45, 2.75) is 19.8 Å². The van der Waals surface area contributed by atoms with Crippen LogP contribution in [0.2, 0.25) is 0 Å². The summed E-state index contributed by atoms with van der Waals surface area (Å²) in [5.41, 5.74) is 0. The lowest BCUT2D eigenvalue weighted by molar-refractivity contribution is -0.149. The molecule has 0 saturated carbocycles. The lowest BCUT2D eigenvalue weighted by Crippen LogP contribution is -2.43. The van der Waals surface area contributed by atoms with E-state index in [1.54, 1.807) is 7.11 Å². The van der Waals surface area contributed by atoms with E-state index in [2.05, 4.69) is 10.2 Å². The van der Waals surface area contributed by atoms with Crippen molar-refractivity contribution in [2.24, 2.45) is 5.92 Å². The number of carbonyl (C=O) groups excluding carboxylic acids is 2. The number of piperidine rings is 1. The molecule has 1 amide bonds. The number of amides is 1. The van der Waals surface area contributed by atoms with E-state index in [1.165, 1.54) is 0 Å². The van der Waals surface area contributed by atoms with E-state index < -0.39 is 0 Å². The molecule has 1 saturated heterocycles. The number of nitrogens with one attached hydrogen (secondary N) is 1. The summed E-state index contributed by atoms with van der Waals surface area (Å²) in [6.45, 7) is 4.83. The molecule has 2 rings (SSSR count). The Morgan fingerprint density at radius 2 is 1.88 bits per heavy atom. The maximum atomic E-state index is 12.0. The van der Waals surface area contributed by atoms with Crippen LogP contribution in [0.15, 0.2) is 24.3 Å². The summed E-state index contributed by atoms with van der Waals surface area (Å²) in [6.07, 6.45) is 1.48. The van der Waals surface area contributed by atoms with Gasteiger partial charge in [-0.05, 0) is 45.0 Å². The topological polar surface area (TPSA) is 77.1 Å². The number of nitrogens with zero attached hydrogens (tertiary/aromatic N) is 1. The Morgan fingerprint density at radius 3 is 2.54 bits per heavy atom. The number of hydrogen-bond donors (Lipinski definition) is 1. The molecule has 1 fully saturated rings. The van der Waals surface area contributed by atoms with Crippen molar-refractivity contribution in [3.8, 4) is 11.5 Å². The average molecular weight is 364 g/mol. The van der Waals surface area contributed by atoms with E-state index in [-0.39, 0.29) is 17.8 Å². The average Bonchev–Trinajstić information content (AvgIpc) is 2.66. The maximum Gasteiger partial charge on any atom is 0.309 e. The van der Waals surface area contributed by atoms with Crippen LogP contribution >= 0.6 is 0 Å². The van der Waals surface area contributed by atoms with Crippen LogP contribution in [0.4, 0.5) is 0 Å². The van der Waals surface area contributed by atoms with Gasteiger partial charge in [0.2, 0.25) is 5.91 Å². The number of hydrogen-bond acceptors (Lipinski definition) is 6. The summed E-state index contributed by atoms with van der Waals surface area (Å²) < 4.78 is 15.9. The monoisotopic (exact) mass is 364 g/mol. The first-order valence-corrected chi connectivity index (χ1v) is 9.05. The zero-order valence-electron chi connectivity index (χ0n) is 15.5. The largest absolute Gasteiger partial charge is 0.493 e. The third-order valence-corrected chi connectivity index (χ3v) is 4.33. The van der Waals surface area contributed by atoms with Gasteiger partial charge in [-0.15, -0.1) is 0 Å². The quantitative estimate of drug-likeness (QED) is 0.528. The summed E-state index contributed by atoms with van der Waals surface area (Å²) in [7, 11) is 1.59. The highest BCUT2D eigenvalue weighted by molar-refractivity contribution is 5.78. The molecule has 7 heteroatoms. The smallest absolute Gasteiger partial charge is 0.309 e. The Hall–Kier alpha value is -2.28. The second-order valence-electron chi connectivity index (χ2n) is 6.15. The van der Waals surface area contributed by atoms with Crippen LogP contribution in [-0.2, 0) is 14.3 Å².